The molecule has 0 aliphatic heterocycles. The molecule has 1 aliphatic carbocycles. The number of rotatable bonds is 4. The van der Waals surface area contributed by atoms with Crippen LogP contribution in [-0.2, 0) is 11.3 Å². The summed E-state index contributed by atoms with van der Waals surface area (Å²) in [6.07, 6.45) is 7.73. The Balaban J connectivity index is 1.77. The Morgan fingerprint density at radius 3 is 2.83 bits per heavy atom. The van der Waals surface area contributed by atoms with Crippen molar-refractivity contribution in [3.8, 4) is 0 Å². The van der Waals surface area contributed by atoms with Crippen molar-refractivity contribution in [3.05, 3.63) is 6.33 Å². The molecule has 1 aromatic heterocycles. The summed E-state index contributed by atoms with van der Waals surface area (Å²) in [5, 5.41) is 6.87. The normalized spacial score (nSPS) is 18.5. The fourth-order valence-corrected chi connectivity index (χ4v) is 2.48. The minimum atomic E-state index is -0.0355. The Bertz CT molecular complexity index is 408. The van der Waals surface area contributed by atoms with Crippen LogP contribution in [0.4, 0.5) is 5.95 Å². The van der Waals surface area contributed by atoms with E-state index >= 15 is 0 Å². The molecule has 6 nitrogen and oxygen atoms in total. The molecule has 18 heavy (non-hydrogen) atoms. The number of nitrogens with two attached hydrogens (primary N) is 1. The zero-order valence-electron chi connectivity index (χ0n) is 10.9. The van der Waals surface area contributed by atoms with Crippen molar-refractivity contribution in [1.82, 2.24) is 20.1 Å². The van der Waals surface area contributed by atoms with Crippen LogP contribution >= 0.6 is 0 Å². The molecule has 1 aromatic rings. The lowest BCUT2D eigenvalue weighted by atomic mass is 9.76. The molecule has 6 heteroatoms. The molecular weight excluding hydrogens is 230 g/mol. The van der Waals surface area contributed by atoms with E-state index in [2.05, 4.69) is 22.3 Å². The van der Waals surface area contributed by atoms with Crippen molar-refractivity contribution < 1.29 is 4.79 Å². The first-order valence-corrected chi connectivity index (χ1v) is 6.49. The number of carbonyl (C=O) groups excluding carboxylic acids is 1. The number of anilines is 1. The third-order valence-corrected chi connectivity index (χ3v) is 3.63. The first-order chi connectivity index (χ1) is 8.57. The average molecular weight is 251 g/mol. The molecule has 1 aliphatic rings. The van der Waals surface area contributed by atoms with Crippen LogP contribution in [0.3, 0.4) is 0 Å². The summed E-state index contributed by atoms with van der Waals surface area (Å²) in [7, 11) is 0. The monoisotopic (exact) mass is 251 g/mol. The zero-order chi connectivity index (χ0) is 13.0. The number of nitrogens with one attached hydrogen (secondary N) is 1. The van der Waals surface area contributed by atoms with Crippen LogP contribution in [0.25, 0.3) is 0 Å². The summed E-state index contributed by atoms with van der Waals surface area (Å²) in [6.45, 7) is 3.18. The SMILES string of the molecule is CC1(CNC(=O)Cn2cnc(N)n2)CCCCC1. The third kappa shape index (κ3) is 3.45. The predicted octanol–water partition coefficient (Wildman–Crippen LogP) is 0.947. The highest BCUT2D eigenvalue weighted by atomic mass is 16.2. The highest BCUT2D eigenvalue weighted by Crippen LogP contribution is 2.34. The van der Waals surface area contributed by atoms with E-state index < -0.39 is 0 Å². The molecule has 0 bridgehead atoms. The fourth-order valence-electron chi connectivity index (χ4n) is 2.48. The van der Waals surface area contributed by atoms with Gasteiger partial charge in [0.2, 0.25) is 11.9 Å². The van der Waals surface area contributed by atoms with Gasteiger partial charge in [0.1, 0.15) is 12.9 Å². The number of hydrogen-bond donors (Lipinski definition) is 2. The Kier molecular flexibility index (Phi) is 3.84. The van der Waals surface area contributed by atoms with Crippen molar-refractivity contribution in [2.75, 3.05) is 12.3 Å². The molecule has 3 N–H and O–H groups in total. The van der Waals surface area contributed by atoms with Gasteiger partial charge < -0.3 is 11.1 Å². The van der Waals surface area contributed by atoms with Gasteiger partial charge in [0.05, 0.1) is 0 Å². The maximum absolute atomic E-state index is 11.8. The minimum Gasteiger partial charge on any atom is -0.367 e. The third-order valence-electron chi connectivity index (χ3n) is 3.63. The van der Waals surface area contributed by atoms with Crippen LogP contribution in [0.2, 0.25) is 0 Å². The first-order valence-electron chi connectivity index (χ1n) is 6.49. The van der Waals surface area contributed by atoms with E-state index in [1.54, 1.807) is 0 Å². The van der Waals surface area contributed by atoms with E-state index in [0.29, 0.717) is 0 Å². The molecule has 0 unspecified atom stereocenters. The largest absolute Gasteiger partial charge is 0.367 e. The van der Waals surface area contributed by atoms with Gasteiger partial charge in [0.15, 0.2) is 0 Å². The van der Waals surface area contributed by atoms with Gasteiger partial charge in [0.25, 0.3) is 0 Å². The van der Waals surface area contributed by atoms with Gasteiger partial charge in [-0.05, 0) is 18.3 Å². The molecular formula is C12H21N5O. The Morgan fingerprint density at radius 2 is 2.22 bits per heavy atom. The van der Waals surface area contributed by atoms with Gasteiger partial charge >= 0.3 is 0 Å². The van der Waals surface area contributed by atoms with Crippen LogP contribution in [0.1, 0.15) is 39.0 Å². The smallest absolute Gasteiger partial charge is 0.241 e. The molecule has 0 atom stereocenters. The quantitative estimate of drug-likeness (QED) is 0.834. The summed E-state index contributed by atoms with van der Waals surface area (Å²) in [4.78, 5) is 15.5. The topological polar surface area (TPSA) is 85.8 Å². The van der Waals surface area contributed by atoms with E-state index in [1.165, 1.54) is 43.1 Å². The first kappa shape index (κ1) is 12.9. The second-order valence-corrected chi connectivity index (χ2v) is 5.45. The maximum atomic E-state index is 11.8. The second kappa shape index (κ2) is 5.37. The lowest BCUT2D eigenvalue weighted by Gasteiger charge is -2.33. The maximum Gasteiger partial charge on any atom is 0.241 e. The van der Waals surface area contributed by atoms with E-state index in [9.17, 15) is 4.79 Å². The lowest BCUT2D eigenvalue weighted by molar-refractivity contribution is -0.122. The highest BCUT2D eigenvalue weighted by Gasteiger charge is 2.27. The Morgan fingerprint density at radius 1 is 1.50 bits per heavy atom. The summed E-state index contributed by atoms with van der Waals surface area (Å²) in [5.74, 6) is 0.161. The number of nitrogen functional groups attached to an aromatic ring is 1. The molecule has 1 amide bonds. The molecule has 0 aromatic carbocycles. The summed E-state index contributed by atoms with van der Waals surface area (Å²) < 4.78 is 1.45. The fraction of sp³-hybridized carbons (Fsp3) is 0.750. The standard InChI is InChI=1S/C12H21N5O/c1-12(5-3-2-4-6-12)8-14-10(18)7-17-9-15-11(13)16-17/h9H,2-8H2,1H3,(H2,13,16)(H,14,18). The van der Waals surface area contributed by atoms with Crippen molar-refractivity contribution in [3.63, 3.8) is 0 Å². The Hall–Kier alpha value is -1.59. The molecule has 100 valence electrons. The molecule has 0 saturated heterocycles. The van der Waals surface area contributed by atoms with Crippen LogP contribution < -0.4 is 11.1 Å². The summed E-state index contributed by atoms with van der Waals surface area (Å²) >= 11 is 0. The highest BCUT2D eigenvalue weighted by molar-refractivity contribution is 5.75. The van der Waals surface area contributed by atoms with Gasteiger partial charge in [-0.3, -0.25) is 4.79 Å². The van der Waals surface area contributed by atoms with E-state index in [1.807, 2.05) is 0 Å². The van der Waals surface area contributed by atoms with Crippen molar-refractivity contribution in [2.24, 2.45) is 5.41 Å². The number of aromatic nitrogens is 3. The summed E-state index contributed by atoms with van der Waals surface area (Å²) in [5.41, 5.74) is 5.65. The predicted molar refractivity (Wildman–Crippen MR) is 68.6 cm³/mol. The number of carbonyl (C=O) groups is 1. The lowest BCUT2D eigenvalue weighted by Crippen LogP contribution is -2.38. The molecule has 2 rings (SSSR count). The average Bonchev–Trinajstić information content (AvgIpc) is 2.73. The number of hydrogen-bond acceptors (Lipinski definition) is 4. The van der Waals surface area contributed by atoms with Crippen LogP contribution in [0.15, 0.2) is 6.33 Å². The van der Waals surface area contributed by atoms with Crippen LogP contribution in [0.5, 0.6) is 0 Å². The molecule has 1 fully saturated rings. The molecule has 1 heterocycles. The number of amides is 1. The van der Waals surface area contributed by atoms with Crippen molar-refractivity contribution in [2.45, 2.75) is 45.6 Å². The Labute approximate surface area is 107 Å². The molecule has 0 spiro atoms. The number of nitrogens with zero attached hydrogens (tertiary/aromatic N) is 3. The van der Waals surface area contributed by atoms with Crippen LogP contribution in [0, 0.1) is 5.41 Å². The van der Waals surface area contributed by atoms with Gasteiger partial charge in [-0.1, -0.05) is 26.2 Å². The second-order valence-electron chi connectivity index (χ2n) is 5.45. The van der Waals surface area contributed by atoms with E-state index in [-0.39, 0.29) is 23.8 Å². The molecule has 0 radical (unpaired) electrons. The molecule has 1 saturated carbocycles. The minimum absolute atomic E-state index is 0.0355. The zero-order valence-corrected chi connectivity index (χ0v) is 10.9. The van der Waals surface area contributed by atoms with Crippen LogP contribution in [-0.4, -0.2) is 27.2 Å². The van der Waals surface area contributed by atoms with Crippen molar-refractivity contribution in [1.29, 1.82) is 0 Å². The van der Waals surface area contributed by atoms with E-state index in [4.69, 9.17) is 5.73 Å². The summed E-state index contributed by atoms with van der Waals surface area (Å²) in [6, 6.07) is 0. The van der Waals surface area contributed by atoms with Gasteiger partial charge in [-0.25, -0.2) is 9.67 Å². The van der Waals surface area contributed by atoms with Gasteiger partial charge in [-0.2, -0.15) is 0 Å². The van der Waals surface area contributed by atoms with Gasteiger partial charge in [-0.15, -0.1) is 5.10 Å². The van der Waals surface area contributed by atoms with Gasteiger partial charge in [0, 0.05) is 6.54 Å². The van der Waals surface area contributed by atoms with E-state index in [0.717, 1.165) is 6.54 Å². The van der Waals surface area contributed by atoms with Crippen molar-refractivity contribution >= 4 is 11.9 Å².